The molecule has 4 rings (SSSR count). The van der Waals surface area contributed by atoms with Crippen LogP contribution in [0.15, 0.2) is 60.8 Å². The summed E-state index contributed by atoms with van der Waals surface area (Å²) >= 11 is 0. The molecule has 0 radical (unpaired) electrons. The smallest absolute Gasteiger partial charge is 0.229 e. The summed E-state index contributed by atoms with van der Waals surface area (Å²) in [6, 6.07) is 17.2. The number of nitrogens with zero attached hydrogens (tertiary/aromatic N) is 2. The lowest BCUT2D eigenvalue weighted by atomic mass is 10.1. The van der Waals surface area contributed by atoms with Gasteiger partial charge in [-0.15, -0.1) is 0 Å². The number of aromatic nitrogens is 1. The van der Waals surface area contributed by atoms with E-state index in [0.717, 1.165) is 16.5 Å². The highest BCUT2D eigenvalue weighted by molar-refractivity contribution is 6.08. The van der Waals surface area contributed by atoms with Crippen LogP contribution >= 0.6 is 0 Å². The molecule has 1 aromatic heterocycles. The second kappa shape index (κ2) is 7.07. The maximum atomic E-state index is 12.6. The Morgan fingerprint density at radius 3 is 2.74 bits per heavy atom. The van der Waals surface area contributed by atoms with E-state index < -0.39 is 5.92 Å². The first-order chi connectivity index (χ1) is 13.2. The van der Waals surface area contributed by atoms with E-state index in [4.69, 9.17) is 4.74 Å². The Morgan fingerprint density at radius 2 is 1.96 bits per heavy atom. The molecule has 6 heteroatoms. The summed E-state index contributed by atoms with van der Waals surface area (Å²) in [5.41, 5.74) is 1.43. The predicted molar refractivity (Wildman–Crippen MR) is 104 cm³/mol. The molecule has 0 unspecified atom stereocenters. The number of nitrogens with one attached hydrogen (secondary N) is 1. The lowest BCUT2D eigenvalue weighted by Crippen LogP contribution is -2.28. The number of hydrogen-bond donors (Lipinski definition) is 1. The average molecular weight is 361 g/mol. The Morgan fingerprint density at radius 1 is 1.15 bits per heavy atom. The number of carbonyl (C=O) groups is 2. The van der Waals surface area contributed by atoms with Crippen molar-refractivity contribution in [2.75, 3.05) is 23.9 Å². The van der Waals surface area contributed by atoms with Gasteiger partial charge in [-0.25, -0.2) is 4.98 Å². The Balaban J connectivity index is 1.52. The van der Waals surface area contributed by atoms with E-state index in [-0.39, 0.29) is 18.2 Å². The van der Waals surface area contributed by atoms with Crippen molar-refractivity contribution in [2.24, 2.45) is 5.92 Å². The summed E-state index contributed by atoms with van der Waals surface area (Å²) in [4.78, 5) is 31.0. The second-order valence-corrected chi connectivity index (χ2v) is 6.48. The summed E-state index contributed by atoms with van der Waals surface area (Å²) < 4.78 is 5.01. The number of carbonyl (C=O) groups excluding carboxylic acids is 2. The van der Waals surface area contributed by atoms with Crippen LogP contribution in [0.5, 0.6) is 5.88 Å². The van der Waals surface area contributed by atoms with Crippen LogP contribution in [-0.2, 0) is 9.59 Å². The van der Waals surface area contributed by atoms with Gasteiger partial charge in [-0.2, -0.15) is 0 Å². The van der Waals surface area contributed by atoms with Gasteiger partial charge in [0.15, 0.2) is 0 Å². The first-order valence-corrected chi connectivity index (χ1v) is 8.75. The van der Waals surface area contributed by atoms with Gasteiger partial charge in [-0.05, 0) is 17.5 Å². The van der Waals surface area contributed by atoms with E-state index in [1.54, 1.807) is 17.0 Å². The first-order valence-electron chi connectivity index (χ1n) is 8.75. The van der Waals surface area contributed by atoms with Gasteiger partial charge in [0, 0.05) is 24.4 Å². The molecule has 1 fully saturated rings. The van der Waals surface area contributed by atoms with Crippen molar-refractivity contribution in [2.45, 2.75) is 6.42 Å². The van der Waals surface area contributed by atoms with Gasteiger partial charge in [0.2, 0.25) is 17.7 Å². The molecule has 0 bridgehead atoms. The van der Waals surface area contributed by atoms with E-state index in [0.29, 0.717) is 18.1 Å². The van der Waals surface area contributed by atoms with E-state index in [1.807, 2.05) is 42.5 Å². The SMILES string of the molecule is COc1ccc(NC(=O)[C@H]2CC(=O)N(c3cccc4ccccc34)C2)cn1. The summed E-state index contributed by atoms with van der Waals surface area (Å²) in [6.07, 6.45) is 1.73. The van der Waals surface area contributed by atoms with Crippen molar-refractivity contribution in [3.05, 3.63) is 60.8 Å². The standard InChI is InChI=1S/C21H19N3O3/c1-27-19-10-9-16(12-22-19)23-21(26)15-11-20(25)24(13-15)18-8-4-6-14-5-2-3-7-17(14)18/h2-10,12,15H,11,13H2,1H3,(H,23,26)/t15-/m0/s1. The van der Waals surface area contributed by atoms with Crippen LogP contribution in [0.2, 0.25) is 0 Å². The van der Waals surface area contributed by atoms with Crippen LogP contribution in [0.3, 0.4) is 0 Å². The number of fused-ring (bicyclic) bond motifs is 1. The van der Waals surface area contributed by atoms with Gasteiger partial charge >= 0.3 is 0 Å². The fraction of sp³-hybridized carbons (Fsp3) is 0.190. The molecule has 0 spiro atoms. The van der Waals surface area contributed by atoms with Crippen LogP contribution in [0.4, 0.5) is 11.4 Å². The molecule has 0 saturated carbocycles. The molecule has 2 heterocycles. The fourth-order valence-electron chi connectivity index (χ4n) is 3.38. The number of pyridine rings is 1. The Labute approximate surface area is 156 Å². The molecule has 6 nitrogen and oxygen atoms in total. The van der Waals surface area contributed by atoms with Crippen molar-refractivity contribution in [1.29, 1.82) is 0 Å². The van der Waals surface area contributed by atoms with Gasteiger partial charge < -0.3 is 15.0 Å². The minimum Gasteiger partial charge on any atom is -0.481 e. The van der Waals surface area contributed by atoms with Gasteiger partial charge in [0.1, 0.15) is 0 Å². The fourth-order valence-corrected chi connectivity index (χ4v) is 3.38. The van der Waals surface area contributed by atoms with Crippen LogP contribution in [0, 0.1) is 5.92 Å². The number of ether oxygens (including phenoxy) is 1. The Bertz CT molecular complexity index is 996. The topological polar surface area (TPSA) is 71.5 Å². The van der Waals surface area contributed by atoms with Crippen molar-refractivity contribution in [3.8, 4) is 5.88 Å². The zero-order valence-corrected chi connectivity index (χ0v) is 14.9. The van der Waals surface area contributed by atoms with Crippen LogP contribution in [0.25, 0.3) is 10.8 Å². The number of hydrogen-bond acceptors (Lipinski definition) is 4. The first kappa shape index (κ1) is 17.0. The second-order valence-electron chi connectivity index (χ2n) is 6.48. The molecule has 3 aromatic rings. The van der Waals surface area contributed by atoms with Crippen molar-refractivity contribution in [3.63, 3.8) is 0 Å². The van der Waals surface area contributed by atoms with Gasteiger partial charge in [-0.3, -0.25) is 9.59 Å². The molecule has 1 N–H and O–H groups in total. The minimum absolute atomic E-state index is 0.0423. The highest BCUT2D eigenvalue weighted by atomic mass is 16.5. The monoisotopic (exact) mass is 361 g/mol. The molecule has 136 valence electrons. The number of anilines is 2. The third kappa shape index (κ3) is 3.33. The van der Waals surface area contributed by atoms with E-state index in [9.17, 15) is 9.59 Å². The summed E-state index contributed by atoms with van der Waals surface area (Å²) in [6.45, 7) is 0.363. The average Bonchev–Trinajstić information content (AvgIpc) is 3.10. The lowest BCUT2D eigenvalue weighted by Gasteiger charge is -2.19. The molecule has 0 aliphatic carbocycles. The zero-order valence-electron chi connectivity index (χ0n) is 14.9. The Hall–Kier alpha value is -3.41. The molecular weight excluding hydrogens is 342 g/mol. The van der Waals surface area contributed by atoms with Crippen LogP contribution < -0.4 is 15.0 Å². The third-order valence-electron chi connectivity index (χ3n) is 4.77. The van der Waals surface area contributed by atoms with Crippen LogP contribution in [-0.4, -0.2) is 30.5 Å². The number of amides is 2. The molecule has 27 heavy (non-hydrogen) atoms. The molecule has 1 saturated heterocycles. The normalized spacial score (nSPS) is 16.6. The van der Waals surface area contributed by atoms with Crippen LogP contribution in [0.1, 0.15) is 6.42 Å². The maximum Gasteiger partial charge on any atom is 0.229 e. The van der Waals surface area contributed by atoms with Gasteiger partial charge in [-0.1, -0.05) is 36.4 Å². The predicted octanol–water partition coefficient (Wildman–Crippen LogP) is 3.24. The molecule has 2 aromatic carbocycles. The van der Waals surface area contributed by atoms with E-state index in [1.165, 1.54) is 13.3 Å². The van der Waals surface area contributed by atoms with Gasteiger partial charge in [0.25, 0.3) is 0 Å². The molecule has 1 atom stereocenters. The number of benzene rings is 2. The summed E-state index contributed by atoms with van der Waals surface area (Å²) in [5, 5.41) is 4.91. The van der Waals surface area contributed by atoms with Crippen molar-refractivity contribution in [1.82, 2.24) is 4.98 Å². The number of methoxy groups -OCH3 is 1. The minimum atomic E-state index is -0.404. The quantitative estimate of drug-likeness (QED) is 0.774. The van der Waals surface area contributed by atoms with Crippen molar-refractivity contribution < 1.29 is 14.3 Å². The Kier molecular flexibility index (Phi) is 4.46. The largest absolute Gasteiger partial charge is 0.481 e. The summed E-state index contributed by atoms with van der Waals surface area (Å²) in [5.74, 6) is -0.151. The van der Waals surface area contributed by atoms with Crippen molar-refractivity contribution >= 4 is 34.0 Å². The zero-order chi connectivity index (χ0) is 18.8. The van der Waals surface area contributed by atoms with Gasteiger partial charge in [0.05, 0.1) is 30.6 Å². The van der Waals surface area contributed by atoms with E-state index in [2.05, 4.69) is 10.3 Å². The highest BCUT2D eigenvalue weighted by Crippen LogP contribution is 2.32. The van der Waals surface area contributed by atoms with E-state index >= 15 is 0 Å². The molecular formula is C21H19N3O3. The highest BCUT2D eigenvalue weighted by Gasteiger charge is 2.35. The maximum absolute atomic E-state index is 12.6. The third-order valence-corrected chi connectivity index (χ3v) is 4.77. The summed E-state index contributed by atoms with van der Waals surface area (Å²) in [7, 11) is 1.53. The number of rotatable bonds is 4. The molecule has 2 amide bonds. The molecule has 1 aliphatic heterocycles. The molecule has 1 aliphatic rings. The lowest BCUT2D eigenvalue weighted by molar-refractivity contribution is -0.122.